The number of aryl methyl sites for hydroxylation is 1. The summed E-state index contributed by atoms with van der Waals surface area (Å²) >= 11 is 0. The molecule has 0 fully saturated rings. The van der Waals surface area contributed by atoms with E-state index in [9.17, 15) is 0 Å². The van der Waals surface area contributed by atoms with Crippen molar-refractivity contribution in [2.45, 2.75) is 6.92 Å². The maximum atomic E-state index is 5.65. The second-order valence-electron chi connectivity index (χ2n) is 3.31. The number of hydrogen-bond donors (Lipinski definition) is 1. The number of nitrogen functional groups attached to an aromatic ring is 1. The maximum Gasteiger partial charge on any atom is 0.130 e. The zero-order chi connectivity index (χ0) is 10.7. The van der Waals surface area contributed by atoms with E-state index in [1.54, 1.807) is 12.3 Å². The molecule has 15 heavy (non-hydrogen) atoms. The molecule has 0 aliphatic rings. The van der Waals surface area contributed by atoms with Gasteiger partial charge in [0, 0.05) is 29.7 Å². The molecular weight excluding hydrogens is 188 g/mol. The lowest BCUT2D eigenvalue weighted by atomic mass is 10.3. The SMILES string of the molecule is Cc1cc(Oc2cccc(N)c2)ccn1. The van der Waals surface area contributed by atoms with Crippen molar-refractivity contribution in [3.63, 3.8) is 0 Å². The van der Waals surface area contributed by atoms with E-state index in [1.807, 2.05) is 37.3 Å². The average Bonchev–Trinajstić information content (AvgIpc) is 2.17. The van der Waals surface area contributed by atoms with Crippen LogP contribution in [-0.4, -0.2) is 4.98 Å². The van der Waals surface area contributed by atoms with Crippen LogP contribution in [0.4, 0.5) is 5.69 Å². The third-order valence-corrected chi connectivity index (χ3v) is 1.96. The van der Waals surface area contributed by atoms with Crippen LogP contribution < -0.4 is 10.5 Å². The summed E-state index contributed by atoms with van der Waals surface area (Å²) in [5, 5.41) is 0. The Labute approximate surface area is 88.5 Å². The van der Waals surface area contributed by atoms with E-state index >= 15 is 0 Å². The first-order valence-electron chi connectivity index (χ1n) is 4.70. The van der Waals surface area contributed by atoms with Crippen molar-refractivity contribution in [2.24, 2.45) is 0 Å². The minimum Gasteiger partial charge on any atom is -0.457 e. The van der Waals surface area contributed by atoms with Crippen LogP contribution in [0.2, 0.25) is 0 Å². The minimum atomic E-state index is 0.693. The fraction of sp³-hybridized carbons (Fsp3) is 0.0833. The van der Waals surface area contributed by atoms with E-state index in [0.717, 1.165) is 17.2 Å². The van der Waals surface area contributed by atoms with Gasteiger partial charge in [-0.15, -0.1) is 0 Å². The molecule has 3 heteroatoms. The molecule has 0 saturated heterocycles. The van der Waals surface area contributed by atoms with Gasteiger partial charge in [-0.3, -0.25) is 4.98 Å². The standard InChI is InChI=1S/C12H12N2O/c1-9-7-12(5-6-14-9)15-11-4-2-3-10(13)8-11/h2-8H,13H2,1H3. The van der Waals surface area contributed by atoms with Gasteiger partial charge < -0.3 is 10.5 Å². The second-order valence-corrected chi connectivity index (χ2v) is 3.31. The van der Waals surface area contributed by atoms with Gasteiger partial charge in [0.05, 0.1) is 0 Å². The molecule has 2 aromatic rings. The van der Waals surface area contributed by atoms with Crippen molar-refractivity contribution in [1.29, 1.82) is 0 Å². The molecule has 76 valence electrons. The summed E-state index contributed by atoms with van der Waals surface area (Å²) in [6.07, 6.45) is 1.72. The fourth-order valence-electron chi connectivity index (χ4n) is 1.30. The van der Waals surface area contributed by atoms with Gasteiger partial charge in [-0.2, -0.15) is 0 Å². The van der Waals surface area contributed by atoms with Crippen LogP contribution in [0.1, 0.15) is 5.69 Å². The van der Waals surface area contributed by atoms with Gasteiger partial charge in [-0.25, -0.2) is 0 Å². The third kappa shape index (κ3) is 2.47. The molecule has 1 aromatic carbocycles. The normalized spacial score (nSPS) is 9.93. The van der Waals surface area contributed by atoms with Gasteiger partial charge in [0.15, 0.2) is 0 Å². The molecule has 0 atom stereocenters. The predicted molar refractivity (Wildman–Crippen MR) is 59.9 cm³/mol. The summed E-state index contributed by atoms with van der Waals surface area (Å²) in [4.78, 5) is 4.09. The maximum absolute atomic E-state index is 5.65. The third-order valence-electron chi connectivity index (χ3n) is 1.96. The summed E-state index contributed by atoms with van der Waals surface area (Å²) in [7, 11) is 0. The van der Waals surface area contributed by atoms with Crippen LogP contribution in [0.3, 0.4) is 0 Å². The highest BCUT2D eigenvalue weighted by Crippen LogP contribution is 2.22. The first kappa shape index (κ1) is 9.52. The van der Waals surface area contributed by atoms with E-state index in [2.05, 4.69) is 4.98 Å². The molecular formula is C12H12N2O. The van der Waals surface area contributed by atoms with Crippen molar-refractivity contribution in [2.75, 3.05) is 5.73 Å². The quantitative estimate of drug-likeness (QED) is 0.758. The summed E-state index contributed by atoms with van der Waals surface area (Å²) < 4.78 is 5.62. The van der Waals surface area contributed by atoms with Crippen molar-refractivity contribution >= 4 is 5.69 Å². The Morgan fingerprint density at radius 3 is 2.67 bits per heavy atom. The molecule has 2 N–H and O–H groups in total. The molecule has 0 aliphatic heterocycles. The van der Waals surface area contributed by atoms with Gasteiger partial charge in [-0.05, 0) is 25.1 Å². The number of nitrogens with two attached hydrogens (primary N) is 1. The number of pyridine rings is 1. The molecule has 1 heterocycles. The zero-order valence-corrected chi connectivity index (χ0v) is 8.47. The van der Waals surface area contributed by atoms with Crippen molar-refractivity contribution < 1.29 is 4.74 Å². The van der Waals surface area contributed by atoms with Crippen LogP contribution in [0.15, 0.2) is 42.6 Å². The first-order chi connectivity index (χ1) is 7.24. The molecule has 0 bridgehead atoms. The fourth-order valence-corrected chi connectivity index (χ4v) is 1.30. The number of anilines is 1. The van der Waals surface area contributed by atoms with Crippen LogP contribution >= 0.6 is 0 Å². The molecule has 0 unspecified atom stereocenters. The number of hydrogen-bond acceptors (Lipinski definition) is 3. The second kappa shape index (κ2) is 4.00. The minimum absolute atomic E-state index is 0.693. The Balaban J connectivity index is 2.22. The molecule has 2 rings (SSSR count). The number of aromatic nitrogens is 1. The summed E-state index contributed by atoms with van der Waals surface area (Å²) in [5.74, 6) is 1.51. The van der Waals surface area contributed by atoms with E-state index in [-0.39, 0.29) is 0 Å². The van der Waals surface area contributed by atoms with Crippen LogP contribution in [0, 0.1) is 6.92 Å². The van der Waals surface area contributed by atoms with Crippen LogP contribution in [0.5, 0.6) is 11.5 Å². The number of nitrogens with zero attached hydrogens (tertiary/aromatic N) is 1. The number of benzene rings is 1. The Hall–Kier alpha value is -2.03. The molecule has 0 radical (unpaired) electrons. The van der Waals surface area contributed by atoms with Gasteiger partial charge in [0.25, 0.3) is 0 Å². The Morgan fingerprint density at radius 1 is 1.13 bits per heavy atom. The lowest BCUT2D eigenvalue weighted by molar-refractivity contribution is 0.481. The summed E-state index contributed by atoms with van der Waals surface area (Å²) in [6.45, 7) is 1.92. The molecule has 0 saturated carbocycles. The average molecular weight is 200 g/mol. The van der Waals surface area contributed by atoms with Crippen molar-refractivity contribution in [3.05, 3.63) is 48.3 Å². The Morgan fingerprint density at radius 2 is 1.93 bits per heavy atom. The monoisotopic (exact) mass is 200 g/mol. The van der Waals surface area contributed by atoms with Gasteiger partial charge in [-0.1, -0.05) is 6.07 Å². The highest BCUT2D eigenvalue weighted by atomic mass is 16.5. The van der Waals surface area contributed by atoms with E-state index < -0.39 is 0 Å². The Bertz CT molecular complexity index is 425. The lowest BCUT2D eigenvalue weighted by Gasteiger charge is -2.06. The first-order valence-corrected chi connectivity index (χ1v) is 4.70. The van der Waals surface area contributed by atoms with Gasteiger partial charge >= 0.3 is 0 Å². The molecule has 3 nitrogen and oxygen atoms in total. The smallest absolute Gasteiger partial charge is 0.130 e. The zero-order valence-electron chi connectivity index (χ0n) is 8.47. The van der Waals surface area contributed by atoms with E-state index in [1.165, 1.54) is 0 Å². The van der Waals surface area contributed by atoms with E-state index in [0.29, 0.717) is 5.69 Å². The van der Waals surface area contributed by atoms with Crippen molar-refractivity contribution in [3.8, 4) is 11.5 Å². The van der Waals surface area contributed by atoms with Crippen LogP contribution in [-0.2, 0) is 0 Å². The van der Waals surface area contributed by atoms with Gasteiger partial charge in [0.2, 0.25) is 0 Å². The molecule has 1 aromatic heterocycles. The lowest BCUT2D eigenvalue weighted by Crippen LogP contribution is -1.88. The van der Waals surface area contributed by atoms with E-state index in [4.69, 9.17) is 10.5 Å². The largest absolute Gasteiger partial charge is 0.457 e. The predicted octanol–water partition coefficient (Wildman–Crippen LogP) is 2.76. The highest BCUT2D eigenvalue weighted by Gasteiger charge is 1.97. The molecule has 0 amide bonds. The summed E-state index contributed by atoms with van der Waals surface area (Å²) in [5.41, 5.74) is 7.27. The van der Waals surface area contributed by atoms with Gasteiger partial charge in [0.1, 0.15) is 11.5 Å². The highest BCUT2D eigenvalue weighted by molar-refractivity contribution is 5.45. The number of rotatable bonds is 2. The Kier molecular flexibility index (Phi) is 2.54. The topological polar surface area (TPSA) is 48.1 Å². The number of ether oxygens (including phenoxy) is 1. The molecule has 0 aliphatic carbocycles. The summed E-state index contributed by atoms with van der Waals surface area (Å²) in [6, 6.07) is 11.0. The molecule has 0 spiro atoms. The van der Waals surface area contributed by atoms with Crippen LogP contribution in [0.25, 0.3) is 0 Å². The van der Waals surface area contributed by atoms with Crippen molar-refractivity contribution in [1.82, 2.24) is 4.98 Å².